The quantitative estimate of drug-likeness (QED) is 0.168. The Labute approximate surface area is 348 Å². The van der Waals surface area contributed by atoms with E-state index < -0.39 is 9.84 Å². The van der Waals surface area contributed by atoms with Gasteiger partial charge in [0.05, 0.1) is 32.2 Å². The van der Waals surface area contributed by atoms with E-state index in [1.54, 1.807) is 6.07 Å². The summed E-state index contributed by atoms with van der Waals surface area (Å²) in [5, 5.41) is 2.02. The Morgan fingerprint density at radius 2 is 1.20 bits per heavy atom. The summed E-state index contributed by atoms with van der Waals surface area (Å²) in [5.74, 6) is 0.746. The molecule has 0 atom stereocenters. The number of rotatable bonds is 6. The number of pyridine rings is 1. The molecule has 1 aliphatic rings. The molecule has 296 valence electrons. The van der Waals surface area contributed by atoms with Crippen molar-refractivity contribution in [3.63, 3.8) is 0 Å². The second-order valence-corrected chi connectivity index (χ2v) is 19.9. The van der Waals surface area contributed by atoms with Gasteiger partial charge in [0.15, 0.2) is 0 Å². The lowest BCUT2D eigenvalue weighted by Gasteiger charge is -2.26. The van der Waals surface area contributed by atoms with Gasteiger partial charge in [-0.3, -0.25) is 4.57 Å². The number of nitrogens with zero attached hydrogens (tertiary/aromatic N) is 4. The van der Waals surface area contributed by atoms with Gasteiger partial charge in [-0.2, -0.15) is 0 Å². The van der Waals surface area contributed by atoms with E-state index in [1.165, 1.54) is 11.1 Å². The van der Waals surface area contributed by atoms with Gasteiger partial charge in [-0.05, 0) is 131 Å². The largest absolute Gasteiger partial charge is 0.321 e. The monoisotopic (exact) mass is 794 g/mol. The van der Waals surface area contributed by atoms with Crippen LogP contribution in [-0.2, 0) is 20.7 Å². The third-order valence-electron chi connectivity index (χ3n) is 11.9. The number of hydrogen-bond acceptors (Lipinski definition) is 5. The first-order valence-corrected chi connectivity index (χ1v) is 21.8. The predicted molar refractivity (Wildman–Crippen MR) is 245 cm³/mol. The van der Waals surface area contributed by atoms with Crippen molar-refractivity contribution in [2.75, 3.05) is 16.5 Å². The van der Waals surface area contributed by atoms with E-state index in [0.717, 1.165) is 72.6 Å². The Kier molecular flexibility index (Phi) is 9.09. The lowest BCUT2D eigenvalue weighted by molar-refractivity contribution is 0.583. The van der Waals surface area contributed by atoms with Crippen LogP contribution in [0.5, 0.6) is 0 Å². The Bertz CT molecular complexity index is 3030. The third-order valence-corrected chi connectivity index (χ3v) is 13.6. The first kappa shape index (κ1) is 38.3. The van der Waals surface area contributed by atoms with E-state index in [4.69, 9.17) is 4.98 Å². The molecule has 0 bridgehead atoms. The fourth-order valence-electron chi connectivity index (χ4n) is 8.35. The number of para-hydroxylation sites is 1. The maximum Gasteiger partial charge on any atom is 0.206 e. The molecule has 0 saturated heterocycles. The summed E-state index contributed by atoms with van der Waals surface area (Å²) in [5.41, 5.74) is 12.1. The molecule has 0 radical (unpaired) electrons. The molecule has 0 amide bonds. The highest BCUT2D eigenvalue weighted by atomic mass is 32.2. The molecule has 0 saturated carbocycles. The van der Waals surface area contributed by atoms with E-state index in [0.29, 0.717) is 6.67 Å². The molecule has 6 aromatic carbocycles. The number of aryl methyl sites for hydroxylation is 2. The minimum Gasteiger partial charge on any atom is -0.321 e. The number of aromatic nitrogens is 2. The number of fused-ring (bicyclic) bond motifs is 4. The van der Waals surface area contributed by atoms with Gasteiger partial charge in [-0.15, -0.1) is 0 Å². The zero-order valence-electron chi connectivity index (χ0n) is 35.1. The molecule has 59 heavy (non-hydrogen) atoms. The number of sulfone groups is 1. The van der Waals surface area contributed by atoms with E-state index in [-0.39, 0.29) is 20.6 Å². The molecule has 8 aromatic rings. The summed E-state index contributed by atoms with van der Waals surface area (Å²) in [6.45, 7) is 17.8. The maximum absolute atomic E-state index is 15.2. The molecule has 1 aliphatic heterocycles. The number of hydrogen-bond donors (Lipinski definition) is 0. The number of anilines is 4. The van der Waals surface area contributed by atoms with Crippen molar-refractivity contribution in [2.24, 2.45) is 0 Å². The van der Waals surface area contributed by atoms with Gasteiger partial charge < -0.3 is 9.80 Å². The summed E-state index contributed by atoms with van der Waals surface area (Å²) in [7, 11) is -4.03. The van der Waals surface area contributed by atoms with Gasteiger partial charge in [0.1, 0.15) is 12.5 Å². The predicted octanol–water partition coefficient (Wildman–Crippen LogP) is 13.1. The molecular formula is C52H50N4O2S. The summed E-state index contributed by atoms with van der Waals surface area (Å²) in [6, 6.07) is 47.2. The minimum absolute atomic E-state index is 0.110. The Morgan fingerprint density at radius 1 is 0.559 bits per heavy atom. The van der Waals surface area contributed by atoms with E-state index in [2.05, 4.69) is 167 Å². The first-order valence-electron chi connectivity index (χ1n) is 20.3. The zero-order chi connectivity index (χ0) is 41.4. The van der Waals surface area contributed by atoms with Crippen molar-refractivity contribution in [3.05, 3.63) is 168 Å². The number of benzene rings is 6. The van der Waals surface area contributed by atoms with Gasteiger partial charge in [-0.1, -0.05) is 108 Å². The van der Waals surface area contributed by atoms with Gasteiger partial charge >= 0.3 is 0 Å². The fraction of sp³-hybridized carbons (Fsp3) is 0.212. The van der Waals surface area contributed by atoms with Crippen molar-refractivity contribution in [2.45, 2.75) is 76.0 Å². The fourth-order valence-corrected chi connectivity index (χ4v) is 9.70. The smallest absolute Gasteiger partial charge is 0.206 e. The first-order chi connectivity index (χ1) is 28.1. The molecule has 0 N–H and O–H groups in total. The van der Waals surface area contributed by atoms with Gasteiger partial charge in [0.25, 0.3) is 0 Å². The average molecular weight is 795 g/mol. The van der Waals surface area contributed by atoms with Crippen LogP contribution in [0.1, 0.15) is 63.8 Å². The van der Waals surface area contributed by atoms with Crippen LogP contribution in [0.15, 0.2) is 156 Å². The van der Waals surface area contributed by atoms with Crippen LogP contribution >= 0.6 is 0 Å². The lowest BCUT2D eigenvalue weighted by Crippen LogP contribution is -2.24. The van der Waals surface area contributed by atoms with Crippen molar-refractivity contribution >= 4 is 54.4 Å². The minimum atomic E-state index is -4.03. The van der Waals surface area contributed by atoms with Gasteiger partial charge in [0, 0.05) is 28.3 Å². The van der Waals surface area contributed by atoms with Gasteiger partial charge in [0.2, 0.25) is 9.84 Å². The average Bonchev–Trinajstić information content (AvgIpc) is 3.76. The summed E-state index contributed by atoms with van der Waals surface area (Å²) in [4.78, 5) is 9.96. The molecule has 7 heteroatoms. The van der Waals surface area contributed by atoms with E-state index in [9.17, 15) is 0 Å². The van der Waals surface area contributed by atoms with Crippen LogP contribution in [0.2, 0.25) is 0 Å². The highest BCUT2D eigenvalue weighted by Crippen LogP contribution is 2.47. The van der Waals surface area contributed by atoms with E-state index >= 15 is 8.42 Å². The maximum atomic E-state index is 15.2. The molecule has 0 fully saturated rings. The molecule has 0 unspecified atom stereocenters. The van der Waals surface area contributed by atoms with E-state index in [1.807, 2.05) is 42.6 Å². The van der Waals surface area contributed by atoms with Crippen LogP contribution < -0.4 is 9.80 Å². The second kappa shape index (κ2) is 14.0. The molecule has 3 heterocycles. The summed E-state index contributed by atoms with van der Waals surface area (Å²) >= 11 is 0. The van der Waals surface area contributed by atoms with Crippen molar-refractivity contribution < 1.29 is 8.42 Å². The van der Waals surface area contributed by atoms with Gasteiger partial charge in [-0.25, -0.2) is 13.4 Å². The zero-order valence-corrected chi connectivity index (χ0v) is 35.9. The summed E-state index contributed by atoms with van der Waals surface area (Å²) in [6.07, 6.45) is 1.85. The highest BCUT2D eigenvalue weighted by molar-refractivity contribution is 7.91. The molecule has 0 aliphatic carbocycles. The standard InChI is InChI=1S/C52H50N4O2S/c1-34-26-47-48(27-35(34)2)55(33-54(47)39-18-13-10-14-19-39)40-28-38(52(6,7)8)29-42(31-40)59(57,58)41-22-23-44-46(32-41)56(49-30-37(24-25-53-49)51(3,4)5)45-21-15-20-43(50(44)45)36-16-11-9-12-17-36/h9-32H,33H2,1-8H3. The Balaban J connectivity index is 1.25. The highest BCUT2D eigenvalue weighted by Gasteiger charge is 2.32. The Morgan fingerprint density at radius 3 is 1.86 bits per heavy atom. The third kappa shape index (κ3) is 6.67. The van der Waals surface area contributed by atoms with Crippen LogP contribution in [0, 0.1) is 13.8 Å². The van der Waals surface area contributed by atoms with Crippen molar-refractivity contribution in [1.29, 1.82) is 0 Å². The van der Waals surface area contributed by atoms with Crippen LogP contribution in [-0.4, -0.2) is 24.6 Å². The summed E-state index contributed by atoms with van der Waals surface area (Å²) < 4.78 is 32.6. The molecule has 6 nitrogen and oxygen atoms in total. The molecular weight excluding hydrogens is 745 g/mol. The normalized spacial score (nSPS) is 13.4. The second-order valence-electron chi connectivity index (χ2n) is 18.0. The van der Waals surface area contributed by atoms with Crippen LogP contribution in [0.3, 0.4) is 0 Å². The van der Waals surface area contributed by atoms with Crippen molar-refractivity contribution in [3.8, 4) is 16.9 Å². The van der Waals surface area contributed by atoms with Crippen molar-refractivity contribution in [1.82, 2.24) is 9.55 Å². The molecule has 0 spiro atoms. The Hall–Kier alpha value is -6.18. The SMILES string of the molecule is Cc1cc2c(cc1C)N(c1cc(C(C)(C)C)cc(S(=O)(=O)c3ccc4c5c(-c6ccccc6)cccc5n(-c5cc(C(C)(C)C)ccn5)c4c3)c1)CN2c1ccccc1. The molecule has 9 rings (SSSR count). The topological polar surface area (TPSA) is 58.4 Å². The lowest BCUT2D eigenvalue weighted by atomic mass is 9.87. The van der Waals surface area contributed by atoms with Crippen LogP contribution in [0.25, 0.3) is 38.8 Å². The van der Waals surface area contributed by atoms with Crippen LogP contribution in [0.4, 0.5) is 22.7 Å². The molecule has 2 aromatic heterocycles.